The number of halogens is 3. The van der Waals surface area contributed by atoms with Crippen LogP contribution < -0.4 is 5.32 Å². The number of pyridine rings is 2. The topological polar surface area (TPSA) is 190 Å². The first-order valence-corrected chi connectivity index (χ1v) is 20.9. The van der Waals surface area contributed by atoms with Gasteiger partial charge in [-0.1, -0.05) is 71.7 Å². The lowest BCUT2D eigenvalue weighted by Gasteiger charge is -2.30. The van der Waals surface area contributed by atoms with E-state index in [0.717, 1.165) is 35.2 Å². The van der Waals surface area contributed by atoms with E-state index in [9.17, 15) is 38.4 Å². The molecule has 308 valence electrons. The highest BCUT2D eigenvalue weighted by molar-refractivity contribution is 7.89. The highest BCUT2D eigenvalue weighted by Gasteiger charge is 2.32. The molecule has 4 heterocycles. The molecule has 2 aromatic heterocycles. The maximum Gasteiger partial charge on any atom is 0.340 e. The Hall–Kier alpha value is -5.02. The van der Waals surface area contributed by atoms with Gasteiger partial charge in [0.25, 0.3) is 0 Å². The standard InChI is InChI=1S/C23H23ClN2O5S.C20H17ClN2O3.ClH/c1-13(2)32(30,31)26-10-9-15-5-8-17-20(23(28)29)22(27)19(25-21(17)18(15)12-26)11-14-3-6-16(24)7-4-14;21-13-4-1-11(2-5-13)9-16-19(24)17(20(25)26)14-6-3-12-7-8-22-10-15(12)18(14)23-16;/h3-8,13,27H,9-12H2,1-2H3,(H,28,29);1-6,22,24H,7-10H2,(H,25,26);1H. The number of nitrogens with zero attached hydrogens (tertiary/aromatic N) is 3. The molecular weight excluding hydrogens is 839 g/mol. The molecule has 16 heteroatoms. The monoisotopic (exact) mass is 878 g/mol. The molecule has 2 aliphatic rings. The first-order chi connectivity index (χ1) is 27.6. The Morgan fingerprint density at radius 1 is 0.729 bits per heavy atom. The maximum absolute atomic E-state index is 12.8. The van der Waals surface area contributed by atoms with Crippen molar-refractivity contribution in [2.75, 3.05) is 13.1 Å². The van der Waals surface area contributed by atoms with E-state index in [1.807, 2.05) is 18.2 Å². The third kappa shape index (κ3) is 8.82. The predicted octanol–water partition coefficient (Wildman–Crippen LogP) is 7.93. The number of aromatic nitrogens is 2. The quantitative estimate of drug-likeness (QED) is 0.0998. The van der Waals surface area contributed by atoms with Crippen molar-refractivity contribution >= 4 is 79.4 Å². The predicted molar refractivity (Wildman–Crippen MR) is 230 cm³/mol. The third-order valence-corrected chi connectivity index (χ3v) is 13.3. The fraction of sp³-hybridized carbons (Fsp3) is 0.256. The average Bonchev–Trinajstić information content (AvgIpc) is 3.19. The molecular formula is C43H41Cl3N4O8S. The summed E-state index contributed by atoms with van der Waals surface area (Å²) < 4.78 is 26.9. The lowest BCUT2D eigenvalue weighted by atomic mass is 9.94. The molecule has 4 aromatic carbocycles. The molecule has 59 heavy (non-hydrogen) atoms. The summed E-state index contributed by atoms with van der Waals surface area (Å²) in [6.07, 6.45) is 1.92. The fourth-order valence-electron chi connectivity index (χ4n) is 7.50. The first kappa shape index (κ1) is 43.6. The third-order valence-electron chi connectivity index (χ3n) is 10.6. The Morgan fingerprint density at radius 2 is 1.19 bits per heavy atom. The van der Waals surface area contributed by atoms with E-state index in [0.29, 0.717) is 63.7 Å². The van der Waals surface area contributed by atoms with E-state index >= 15 is 0 Å². The van der Waals surface area contributed by atoms with Crippen molar-refractivity contribution in [3.8, 4) is 11.5 Å². The Balaban J connectivity index is 0.000000199. The number of carbonyl (C=O) groups is 2. The number of nitrogens with one attached hydrogen (secondary N) is 1. The van der Waals surface area contributed by atoms with Crippen LogP contribution in [0.2, 0.25) is 10.0 Å². The largest absolute Gasteiger partial charge is 0.505 e. The lowest BCUT2D eigenvalue weighted by molar-refractivity contribution is 0.0684. The van der Waals surface area contributed by atoms with E-state index < -0.39 is 27.2 Å². The number of fused-ring (bicyclic) bond motifs is 6. The van der Waals surface area contributed by atoms with Crippen molar-refractivity contribution in [1.29, 1.82) is 0 Å². The van der Waals surface area contributed by atoms with Crippen LogP contribution in [-0.2, 0) is 48.8 Å². The highest BCUT2D eigenvalue weighted by atomic mass is 35.5. The molecule has 0 fully saturated rings. The summed E-state index contributed by atoms with van der Waals surface area (Å²) in [5.74, 6) is -3.09. The number of rotatable bonds is 8. The second kappa shape index (κ2) is 17.7. The Morgan fingerprint density at radius 3 is 1.64 bits per heavy atom. The normalized spacial score (nSPS) is 13.9. The van der Waals surface area contributed by atoms with Crippen LogP contribution in [0.4, 0.5) is 0 Å². The number of carboxylic acids is 2. The van der Waals surface area contributed by atoms with Crippen LogP contribution >= 0.6 is 35.6 Å². The van der Waals surface area contributed by atoms with Gasteiger partial charge < -0.3 is 25.7 Å². The van der Waals surface area contributed by atoms with Crippen LogP contribution in [0.3, 0.4) is 0 Å². The van der Waals surface area contributed by atoms with Gasteiger partial charge in [0.1, 0.15) is 11.1 Å². The van der Waals surface area contributed by atoms with Gasteiger partial charge in [0, 0.05) is 53.3 Å². The van der Waals surface area contributed by atoms with Gasteiger partial charge in [-0.2, -0.15) is 4.31 Å². The van der Waals surface area contributed by atoms with Crippen LogP contribution in [0, 0.1) is 0 Å². The summed E-state index contributed by atoms with van der Waals surface area (Å²) in [6.45, 7) is 5.28. The SMILES string of the molecule is CC(C)S(=O)(=O)N1CCc2ccc3c(C(=O)O)c(O)c(Cc4ccc(Cl)cc4)nc3c2C1.Cl.O=C(O)c1c(O)c(Cc2ccc(Cl)cc2)nc2c3c(ccc12)CCNC3. The molecule has 0 bridgehead atoms. The van der Waals surface area contributed by atoms with Gasteiger partial charge in [0.05, 0.1) is 27.7 Å². The zero-order valence-electron chi connectivity index (χ0n) is 32.0. The second-order valence-corrected chi connectivity index (χ2v) is 17.9. The van der Waals surface area contributed by atoms with Gasteiger partial charge in [0.2, 0.25) is 10.0 Å². The molecule has 8 rings (SSSR count). The van der Waals surface area contributed by atoms with Gasteiger partial charge in [0.15, 0.2) is 11.5 Å². The molecule has 5 N–H and O–H groups in total. The number of aromatic carboxylic acids is 2. The van der Waals surface area contributed by atoms with Gasteiger partial charge in [-0.25, -0.2) is 28.0 Å². The van der Waals surface area contributed by atoms with Gasteiger partial charge >= 0.3 is 11.9 Å². The minimum absolute atomic E-state index is 0. The van der Waals surface area contributed by atoms with Crippen LogP contribution in [0.1, 0.15) is 79.3 Å². The minimum Gasteiger partial charge on any atom is -0.505 e. The molecule has 0 saturated heterocycles. The summed E-state index contributed by atoms with van der Waals surface area (Å²) in [5, 5.41) is 45.5. The highest BCUT2D eigenvalue weighted by Crippen LogP contribution is 2.37. The van der Waals surface area contributed by atoms with Gasteiger partial charge in [-0.3, -0.25) is 0 Å². The number of carboxylic acid groups (broad SMARTS) is 2. The maximum atomic E-state index is 12.8. The number of sulfonamides is 1. The van der Waals surface area contributed by atoms with Crippen molar-refractivity contribution in [2.45, 2.75) is 57.9 Å². The number of benzene rings is 4. The van der Waals surface area contributed by atoms with Crippen LogP contribution in [-0.4, -0.2) is 73.4 Å². The van der Waals surface area contributed by atoms with E-state index in [-0.39, 0.29) is 59.1 Å². The summed E-state index contributed by atoms with van der Waals surface area (Å²) in [6, 6.07) is 21.3. The summed E-state index contributed by atoms with van der Waals surface area (Å²) in [7, 11) is -3.48. The van der Waals surface area contributed by atoms with Crippen molar-refractivity contribution in [3.05, 3.63) is 139 Å². The van der Waals surface area contributed by atoms with E-state index in [2.05, 4.69) is 15.3 Å². The van der Waals surface area contributed by atoms with E-state index in [1.54, 1.807) is 68.4 Å². The Labute approximate surface area is 356 Å². The smallest absolute Gasteiger partial charge is 0.340 e. The van der Waals surface area contributed by atoms with Crippen molar-refractivity contribution < 1.29 is 38.4 Å². The van der Waals surface area contributed by atoms with Crippen LogP contribution in [0.5, 0.6) is 11.5 Å². The van der Waals surface area contributed by atoms with Crippen molar-refractivity contribution in [2.24, 2.45) is 0 Å². The summed E-state index contributed by atoms with van der Waals surface area (Å²) in [5.41, 5.74) is 6.80. The van der Waals surface area contributed by atoms with Gasteiger partial charge in [-0.15, -0.1) is 12.4 Å². The zero-order valence-corrected chi connectivity index (χ0v) is 35.1. The molecule has 0 aliphatic carbocycles. The first-order valence-electron chi connectivity index (χ1n) is 18.6. The molecule has 6 aromatic rings. The minimum atomic E-state index is -3.48. The van der Waals surface area contributed by atoms with Gasteiger partial charge in [-0.05, 0) is 90.9 Å². The Bertz CT molecular complexity index is 2710. The number of hydrogen-bond acceptors (Lipinski definition) is 9. The molecule has 2 aliphatic heterocycles. The van der Waals surface area contributed by atoms with Crippen molar-refractivity contribution in [1.82, 2.24) is 19.6 Å². The molecule has 0 saturated carbocycles. The summed E-state index contributed by atoms with van der Waals surface area (Å²) >= 11 is 11.9. The molecule has 0 unspecified atom stereocenters. The molecule has 0 spiro atoms. The fourth-order valence-corrected chi connectivity index (χ4v) is 9.00. The molecule has 0 radical (unpaired) electrons. The molecule has 12 nitrogen and oxygen atoms in total. The molecule has 0 amide bonds. The number of hydrogen-bond donors (Lipinski definition) is 5. The zero-order chi connectivity index (χ0) is 41.5. The van der Waals surface area contributed by atoms with Crippen LogP contribution in [0.25, 0.3) is 21.8 Å². The van der Waals surface area contributed by atoms with E-state index in [4.69, 9.17) is 23.2 Å². The van der Waals surface area contributed by atoms with Crippen LogP contribution in [0.15, 0.2) is 72.8 Å². The summed E-state index contributed by atoms with van der Waals surface area (Å²) in [4.78, 5) is 33.2. The van der Waals surface area contributed by atoms with Crippen molar-refractivity contribution in [3.63, 3.8) is 0 Å². The number of aromatic hydroxyl groups is 2. The lowest BCUT2D eigenvalue weighted by Crippen LogP contribution is -2.40. The second-order valence-electron chi connectivity index (χ2n) is 14.6. The average molecular weight is 880 g/mol. The Kier molecular flexibility index (Phi) is 13.1. The van der Waals surface area contributed by atoms with E-state index in [1.165, 1.54) is 9.87 Å². The molecule has 0 atom stereocenters.